The molecule has 0 fully saturated rings. The minimum atomic E-state index is -0.211. The molecule has 0 aliphatic carbocycles. The van der Waals surface area contributed by atoms with Gasteiger partial charge in [0.15, 0.2) is 0 Å². The molecule has 2 rings (SSSR count). The van der Waals surface area contributed by atoms with Crippen LogP contribution in [-0.2, 0) is 16.0 Å². The number of esters is 1. The molecule has 0 radical (unpaired) electrons. The number of halogens is 1. The van der Waals surface area contributed by atoms with E-state index in [1.165, 1.54) is 0 Å². The average Bonchev–Trinajstić information content (AvgIpc) is 2.66. The van der Waals surface area contributed by atoms with Gasteiger partial charge in [-0.3, -0.25) is 4.79 Å². The highest BCUT2D eigenvalue weighted by Crippen LogP contribution is 2.26. The van der Waals surface area contributed by atoms with E-state index in [1.807, 2.05) is 18.2 Å². The third-order valence-electron chi connectivity index (χ3n) is 2.22. The lowest BCUT2D eigenvalue weighted by molar-refractivity contribution is -0.142. The number of rotatable bonds is 3. The van der Waals surface area contributed by atoms with Crippen molar-refractivity contribution in [3.63, 3.8) is 0 Å². The Morgan fingerprint density at radius 1 is 1.50 bits per heavy atom. The van der Waals surface area contributed by atoms with E-state index in [4.69, 9.17) is 9.15 Å². The monoisotopic (exact) mass is 282 g/mol. The molecule has 84 valence electrons. The Bertz CT molecular complexity index is 516. The van der Waals surface area contributed by atoms with E-state index >= 15 is 0 Å². The standard InChI is InChI=1S/C12H11BrO3/c1-2-15-11(14)7-8-5-9-3-4-16-12(9)10(13)6-8/h3-6H,2,7H2,1H3. The number of carbonyl (C=O) groups excluding carboxylic acids is 1. The summed E-state index contributed by atoms with van der Waals surface area (Å²) >= 11 is 3.41. The maximum absolute atomic E-state index is 11.3. The van der Waals surface area contributed by atoms with Crippen LogP contribution in [0.15, 0.2) is 33.4 Å². The maximum Gasteiger partial charge on any atom is 0.310 e. The van der Waals surface area contributed by atoms with Gasteiger partial charge in [0.1, 0.15) is 5.58 Å². The third-order valence-corrected chi connectivity index (χ3v) is 2.81. The minimum Gasteiger partial charge on any atom is -0.466 e. The summed E-state index contributed by atoms with van der Waals surface area (Å²) in [5.74, 6) is -0.211. The van der Waals surface area contributed by atoms with Gasteiger partial charge in [-0.25, -0.2) is 0 Å². The topological polar surface area (TPSA) is 39.4 Å². The van der Waals surface area contributed by atoms with Crippen molar-refractivity contribution in [1.29, 1.82) is 0 Å². The molecular weight excluding hydrogens is 272 g/mol. The van der Waals surface area contributed by atoms with Crippen molar-refractivity contribution >= 4 is 32.9 Å². The van der Waals surface area contributed by atoms with Crippen LogP contribution in [0.5, 0.6) is 0 Å². The smallest absolute Gasteiger partial charge is 0.310 e. The largest absolute Gasteiger partial charge is 0.466 e. The highest BCUT2D eigenvalue weighted by Gasteiger charge is 2.08. The molecule has 0 spiro atoms. The van der Waals surface area contributed by atoms with E-state index in [0.717, 1.165) is 21.0 Å². The fourth-order valence-electron chi connectivity index (χ4n) is 1.58. The number of carbonyl (C=O) groups is 1. The molecule has 1 aromatic carbocycles. The zero-order valence-electron chi connectivity index (χ0n) is 8.83. The van der Waals surface area contributed by atoms with Gasteiger partial charge in [0.25, 0.3) is 0 Å². The fraction of sp³-hybridized carbons (Fsp3) is 0.250. The van der Waals surface area contributed by atoms with E-state index < -0.39 is 0 Å². The van der Waals surface area contributed by atoms with E-state index in [-0.39, 0.29) is 12.4 Å². The van der Waals surface area contributed by atoms with Crippen LogP contribution in [0.25, 0.3) is 11.0 Å². The van der Waals surface area contributed by atoms with Crippen molar-refractivity contribution < 1.29 is 13.9 Å². The van der Waals surface area contributed by atoms with Crippen LogP contribution in [0.3, 0.4) is 0 Å². The first kappa shape index (κ1) is 11.2. The summed E-state index contributed by atoms with van der Waals surface area (Å²) in [7, 11) is 0. The van der Waals surface area contributed by atoms with Crippen molar-refractivity contribution in [2.24, 2.45) is 0 Å². The molecule has 4 heteroatoms. The van der Waals surface area contributed by atoms with Crippen molar-refractivity contribution in [3.05, 3.63) is 34.5 Å². The van der Waals surface area contributed by atoms with Crippen molar-refractivity contribution in [3.8, 4) is 0 Å². The van der Waals surface area contributed by atoms with E-state index in [1.54, 1.807) is 13.2 Å². The van der Waals surface area contributed by atoms with Crippen LogP contribution < -0.4 is 0 Å². The van der Waals surface area contributed by atoms with Gasteiger partial charge in [-0.2, -0.15) is 0 Å². The van der Waals surface area contributed by atoms with E-state index in [9.17, 15) is 4.79 Å². The molecular formula is C12H11BrO3. The normalized spacial score (nSPS) is 10.6. The van der Waals surface area contributed by atoms with Gasteiger partial charge in [-0.05, 0) is 46.6 Å². The zero-order valence-corrected chi connectivity index (χ0v) is 10.4. The number of furan rings is 1. The van der Waals surface area contributed by atoms with Gasteiger partial charge in [0, 0.05) is 5.39 Å². The second-order valence-corrected chi connectivity index (χ2v) is 4.25. The van der Waals surface area contributed by atoms with Gasteiger partial charge in [0.05, 0.1) is 23.8 Å². The Kier molecular flexibility index (Phi) is 3.29. The first-order chi connectivity index (χ1) is 7.70. The average molecular weight is 283 g/mol. The Hall–Kier alpha value is -1.29. The van der Waals surface area contributed by atoms with Crippen LogP contribution in [0.2, 0.25) is 0 Å². The highest BCUT2D eigenvalue weighted by atomic mass is 79.9. The summed E-state index contributed by atoms with van der Waals surface area (Å²) in [5, 5.41) is 0.980. The molecule has 0 aliphatic heterocycles. The Balaban J connectivity index is 2.28. The summed E-state index contributed by atoms with van der Waals surface area (Å²) in [6, 6.07) is 5.68. The molecule has 1 aromatic heterocycles. The van der Waals surface area contributed by atoms with E-state index in [2.05, 4.69) is 15.9 Å². The molecule has 0 saturated carbocycles. The molecule has 0 amide bonds. The molecule has 0 unspecified atom stereocenters. The van der Waals surface area contributed by atoms with Gasteiger partial charge in [0.2, 0.25) is 0 Å². The second kappa shape index (κ2) is 4.70. The predicted octanol–water partition coefficient (Wildman–Crippen LogP) is 3.30. The van der Waals surface area contributed by atoms with Crippen molar-refractivity contribution in [2.45, 2.75) is 13.3 Å². The Labute approximate surface area is 102 Å². The second-order valence-electron chi connectivity index (χ2n) is 3.40. The van der Waals surface area contributed by atoms with Crippen LogP contribution in [0, 0.1) is 0 Å². The number of ether oxygens (including phenoxy) is 1. The SMILES string of the molecule is CCOC(=O)Cc1cc(Br)c2occc2c1. The van der Waals surface area contributed by atoms with Gasteiger partial charge in [-0.15, -0.1) is 0 Å². The van der Waals surface area contributed by atoms with Crippen molar-refractivity contribution in [2.75, 3.05) is 6.61 Å². The summed E-state index contributed by atoms with van der Waals surface area (Å²) in [4.78, 5) is 11.3. The molecule has 3 nitrogen and oxygen atoms in total. The molecule has 0 atom stereocenters. The minimum absolute atomic E-state index is 0.211. The molecule has 0 N–H and O–H groups in total. The van der Waals surface area contributed by atoms with Gasteiger partial charge < -0.3 is 9.15 Å². The quantitative estimate of drug-likeness (QED) is 0.811. The zero-order chi connectivity index (χ0) is 11.5. The Morgan fingerprint density at radius 3 is 3.06 bits per heavy atom. The predicted molar refractivity (Wildman–Crippen MR) is 64.3 cm³/mol. The lowest BCUT2D eigenvalue weighted by Crippen LogP contribution is -2.07. The first-order valence-electron chi connectivity index (χ1n) is 5.02. The maximum atomic E-state index is 11.3. The highest BCUT2D eigenvalue weighted by molar-refractivity contribution is 9.10. The molecule has 2 aromatic rings. The van der Waals surface area contributed by atoms with Crippen LogP contribution in [0.4, 0.5) is 0 Å². The van der Waals surface area contributed by atoms with E-state index in [0.29, 0.717) is 6.61 Å². The first-order valence-corrected chi connectivity index (χ1v) is 5.81. The van der Waals surface area contributed by atoms with Crippen LogP contribution in [-0.4, -0.2) is 12.6 Å². The lowest BCUT2D eigenvalue weighted by Gasteiger charge is -2.03. The van der Waals surface area contributed by atoms with Gasteiger partial charge in [-0.1, -0.05) is 0 Å². The number of hydrogen-bond acceptors (Lipinski definition) is 3. The summed E-state index contributed by atoms with van der Waals surface area (Å²) in [5.41, 5.74) is 1.71. The number of hydrogen-bond donors (Lipinski definition) is 0. The summed E-state index contributed by atoms with van der Waals surface area (Å²) in [6.45, 7) is 2.21. The summed E-state index contributed by atoms with van der Waals surface area (Å²) < 4.78 is 11.1. The summed E-state index contributed by atoms with van der Waals surface area (Å²) in [6.07, 6.45) is 1.91. The molecule has 0 saturated heterocycles. The number of fused-ring (bicyclic) bond motifs is 1. The fourth-order valence-corrected chi connectivity index (χ4v) is 2.19. The van der Waals surface area contributed by atoms with Crippen LogP contribution in [0.1, 0.15) is 12.5 Å². The molecule has 16 heavy (non-hydrogen) atoms. The van der Waals surface area contributed by atoms with Crippen LogP contribution >= 0.6 is 15.9 Å². The molecule has 1 heterocycles. The van der Waals surface area contributed by atoms with Crippen molar-refractivity contribution in [1.82, 2.24) is 0 Å². The lowest BCUT2D eigenvalue weighted by atomic mass is 10.1. The molecule has 0 aliphatic rings. The Morgan fingerprint density at radius 2 is 2.31 bits per heavy atom. The van der Waals surface area contributed by atoms with Gasteiger partial charge >= 0.3 is 5.97 Å². The molecule has 0 bridgehead atoms. The number of benzene rings is 1. The third kappa shape index (κ3) is 2.27.